The van der Waals surface area contributed by atoms with Crippen LogP contribution in [0.15, 0.2) is 0 Å². The van der Waals surface area contributed by atoms with Crippen molar-refractivity contribution in [2.75, 3.05) is 19.8 Å². The van der Waals surface area contributed by atoms with Crippen LogP contribution in [-0.4, -0.2) is 50.0 Å². The van der Waals surface area contributed by atoms with E-state index in [1.54, 1.807) is 0 Å². The number of carbonyl (C=O) groups is 1. The van der Waals surface area contributed by atoms with Gasteiger partial charge in [0.25, 0.3) is 0 Å². The molecule has 2 bridgehead atoms. The molecule has 0 radical (unpaired) electrons. The third-order valence-electron chi connectivity index (χ3n) is 4.92. The first kappa shape index (κ1) is 15.3. The first-order chi connectivity index (χ1) is 10.2. The van der Waals surface area contributed by atoms with Gasteiger partial charge < -0.3 is 20.1 Å². The summed E-state index contributed by atoms with van der Waals surface area (Å²) in [5, 5.41) is 6.70. The van der Waals surface area contributed by atoms with Crippen molar-refractivity contribution in [3.05, 3.63) is 0 Å². The Labute approximate surface area is 127 Å². The van der Waals surface area contributed by atoms with Crippen molar-refractivity contribution in [1.82, 2.24) is 10.6 Å². The number of fused-ring (bicyclic) bond motifs is 2. The van der Waals surface area contributed by atoms with Crippen molar-refractivity contribution in [2.24, 2.45) is 5.92 Å². The molecule has 0 aromatic carbocycles. The van der Waals surface area contributed by atoms with Crippen LogP contribution >= 0.6 is 0 Å². The van der Waals surface area contributed by atoms with Crippen LogP contribution in [0.25, 0.3) is 0 Å². The standard InChI is InChI=1S/C16H28N2O3/c1-11(9-21-15-4-5-20-10-15)17-16(19)8-12-6-13-2-3-14(7-12)18-13/h11-15,18H,2-10H2,1H3,(H,17,19). The first-order valence-electron chi connectivity index (χ1n) is 8.44. The van der Waals surface area contributed by atoms with Crippen LogP contribution < -0.4 is 10.6 Å². The highest BCUT2D eigenvalue weighted by molar-refractivity contribution is 5.76. The minimum Gasteiger partial charge on any atom is -0.379 e. The largest absolute Gasteiger partial charge is 0.379 e. The van der Waals surface area contributed by atoms with E-state index in [4.69, 9.17) is 9.47 Å². The van der Waals surface area contributed by atoms with Crippen LogP contribution in [-0.2, 0) is 14.3 Å². The summed E-state index contributed by atoms with van der Waals surface area (Å²) in [5.74, 6) is 0.736. The van der Waals surface area contributed by atoms with E-state index in [1.807, 2.05) is 6.92 Å². The fourth-order valence-electron chi connectivity index (χ4n) is 3.90. The monoisotopic (exact) mass is 296 g/mol. The highest BCUT2D eigenvalue weighted by Gasteiger charge is 2.34. The average molecular weight is 296 g/mol. The molecule has 21 heavy (non-hydrogen) atoms. The van der Waals surface area contributed by atoms with Crippen LogP contribution in [0.1, 0.15) is 45.4 Å². The van der Waals surface area contributed by atoms with Gasteiger partial charge in [-0.2, -0.15) is 0 Å². The molecule has 5 heteroatoms. The van der Waals surface area contributed by atoms with E-state index in [2.05, 4.69) is 10.6 Å². The summed E-state index contributed by atoms with van der Waals surface area (Å²) in [5.41, 5.74) is 0. The Kier molecular flexibility index (Phi) is 5.14. The Hall–Kier alpha value is -0.650. The second-order valence-corrected chi connectivity index (χ2v) is 6.97. The molecule has 3 aliphatic rings. The minimum absolute atomic E-state index is 0.0801. The van der Waals surface area contributed by atoms with Gasteiger partial charge in [-0.1, -0.05) is 0 Å². The van der Waals surface area contributed by atoms with Crippen molar-refractivity contribution in [1.29, 1.82) is 0 Å². The molecule has 0 saturated carbocycles. The van der Waals surface area contributed by atoms with Crippen molar-refractivity contribution >= 4 is 5.91 Å². The third-order valence-corrected chi connectivity index (χ3v) is 4.92. The van der Waals surface area contributed by atoms with E-state index >= 15 is 0 Å². The maximum absolute atomic E-state index is 12.1. The molecule has 3 heterocycles. The first-order valence-corrected chi connectivity index (χ1v) is 8.44. The fourth-order valence-corrected chi connectivity index (χ4v) is 3.90. The van der Waals surface area contributed by atoms with E-state index in [1.165, 1.54) is 12.8 Å². The lowest BCUT2D eigenvalue weighted by molar-refractivity contribution is -0.123. The van der Waals surface area contributed by atoms with Crippen molar-refractivity contribution in [2.45, 2.75) is 69.7 Å². The van der Waals surface area contributed by atoms with Crippen molar-refractivity contribution in [3.8, 4) is 0 Å². The molecule has 3 fully saturated rings. The molecule has 1 amide bonds. The number of nitrogens with one attached hydrogen (secondary N) is 2. The summed E-state index contributed by atoms with van der Waals surface area (Å²) < 4.78 is 11.0. The number of carbonyl (C=O) groups excluding carboxylic acids is 1. The molecular formula is C16H28N2O3. The average Bonchev–Trinajstić information content (AvgIpc) is 3.06. The molecule has 5 nitrogen and oxygen atoms in total. The number of ether oxygens (including phenoxy) is 2. The van der Waals surface area contributed by atoms with Crippen LogP contribution in [0.2, 0.25) is 0 Å². The maximum atomic E-state index is 12.1. The van der Waals surface area contributed by atoms with Gasteiger partial charge in [-0.05, 0) is 44.9 Å². The number of amides is 1. The van der Waals surface area contributed by atoms with Gasteiger partial charge in [0, 0.05) is 31.2 Å². The van der Waals surface area contributed by atoms with Crippen LogP contribution in [0, 0.1) is 5.92 Å². The molecule has 0 aliphatic carbocycles. The van der Waals surface area contributed by atoms with E-state index in [9.17, 15) is 4.79 Å². The van der Waals surface area contributed by atoms with Gasteiger partial charge in [0.05, 0.1) is 19.3 Å². The topological polar surface area (TPSA) is 59.6 Å². The maximum Gasteiger partial charge on any atom is 0.220 e. The molecular weight excluding hydrogens is 268 g/mol. The summed E-state index contributed by atoms with van der Waals surface area (Å²) in [6, 6.07) is 1.39. The van der Waals surface area contributed by atoms with Crippen LogP contribution in [0.4, 0.5) is 0 Å². The van der Waals surface area contributed by atoms with E-state index < -0.39 is 0 Å². The van der Waals surface area contributed by atoms with Crippen LogP contribution in [0.3, 0.4) is 0 Å². The van der Waals surface area contributed by atoms with Gasteiger partial charge in [-0.25, -0.2) is 0 Å². The predicted molar refractivity (Wildman–Crippen MR) is 80.1 cm³/mol. The summed E-state index contributed by atoms with van der Waals surface area (Å²) in [4.78, 5) is 12.1. The molecule has 4 atom stereocenters. The molecule has 0 spiro atoms. The zero-order valence-electron chi connectivity index (χ0n) is 13.0. The van der Waals surface area contributed by atoms with E-state index in [0.717, 1.165) is 25.9 Å². The Bertz CT molecular complexity index is 345. The normalized spacial score (nSPS) is 36.6. The Morgan fingerprint density at radius 1 is 1.33 bits per heavy atom. The Morgan fingerprint density at radius 2 is 2.10 bits per heavy atom. The number of hydrogen-bond acceptors (Lipinski definition) is 4. The third kappa shape index (κ3) is 4.41. The van der Waals surface area contributed by atoms with Gasteiger partial charge in [0.15, 0.2) is 0 Å². The van der Waals surface area contributed by atoms with E-state index in [0.29, 0.717) is 37.6 Å². The zero-order valence-corrected chi connectivity index (χ0v) is 13.0. The number of piperidine rings is 1. The summed E-state index contributed by atoms with van der Waals surface area (Å²) in [6.07, 6.45) is 6.75. The second kappa shape index (κ2) is 7.07. The summed E-state index contributed by atoms with van der Waals surface area (Å²) in [6.45, 7) is 4.08. The highest BCUT2D eigenvalue weighted by Crippen LogP contribution is 2.32. The quantitative estimate of drug-likeness (QED) is 0.774. The number of rotatable bonds is 6. The molecule has 3 saturated heterocycles. The summed E-state index contributed by atoms with van der Waals surface area (Å²) in [7, 11) is 0. The second-order valence-electron chi connectivity index (χ2n) is 6.97. The lowest BCUT2D eigenvalue weighted by Crippen LogP contribution is -2.42. The van der Waals surface area contributed by atoms with Gasteiger partial charge in [-0.15, -0.1) is 0 Å². The van der Waals surface area contributed by atoms with E-state index in [-0.39, 0.29) is 18.1 Å². The molecule has 0 aromatic rings. The summed E-state index contributed by atoms with van der Waals surface area (Å²) >= 11 is 0. The predicted octanol–water partition coefficient (Wildman–Crippen LogP) is 1.22. The van der Waals surface area contributed by atoms with Gasteiger partial charge in [-0.3, -0.25) is 4.79 Å². The molecule has 4 unspecified atom stereocenters. The highest BCUT2D eigenvalue weighted by atomic mass is 16.5. The smallest absolute Gasteiger partial charge is 0.220 e. The molecule has 120 valence electrons. The molecule has 3 aliphatic heterocycles. The lowest BCUT2D eigenvalue weighted by atomic mass is 9.89. The minimum atomic E-state index is 0.0801. The zero-order chi connectivity index (χ0) is 14.7. The van der Waals surface area contributed by atoms with Crippen molar-refractivity contribution in [3.63, 3.8) is 0 Å². The molecule has 0 aromatic heterocycles. The SMILES string of the molecule is CC(COC1CCOC1)NC(=O)CC1CC2CCC(C1)N2. The van der Waals surface area contributed by atoms with Gasteiger partial charge in [0.2, 0.25) is 5.91 Å². The van der Waals surface area contributed by atoms with Gasteiger partial charge in [0.1, 0.15) is 0 Å². The molecule has 3 rings (SSSR count). The van der Waals surface area contributed by atoms with Gasteiger partial charge >= 0.3 is 0 Å². The Morgan fingerprint density at radius 3 is 2.76 bits per heavy atom. The van der Waals surface area contributed by atoms with Crippen LogP contribution in [0.5, 0.6) is 0 Å². The van der Waals surface area contributed by atoms with Crippen molar-refractivity contribution < 1.29 is 14.3 Å². The fraction of sp³-hybridized carbons (Fsp3) is 0.938. The Balaban J connectivity index is 1.33. The number of hydrogen-bond donors (Lipinski definition) is 2. The molecule has 2 N–H and O–H groups in total. The lowest BCUT2D eigenvalue weighted by Gasteiger charge is -2.29.